The van der Waals surface area contributed by atoms with Crippen LogP contribution in [-0.4, -0.2) is 24.3 Å². The lowest BCUT2D eigenvalue weighted by Gasteiger charge is -2.38. The number of hydrogen-bond donors (Lipinski definition) is 2. The molecule has 1 unspecified atom stereocenters. The molecule has 0 amide bonds. The highest BCUT2D eigenvalue weighted by Gasteiger charge is 2.36. The van der Waals surface area contributed by atoms with E-state index in [4.69, 9.17) is 15.3 Å². The molecule has 5 heteroatoms. The van der Waals surface area contributed by atoms with E-state index in [-0.39, 0.29) is 11.6 Å². The van der Waals surface area contributed by atoms with Gasteiger partial charge in [-0.1, -0.05) is 20.8 Å². The summed E-state index contributed by atoms with van der Waals surface area (Å²) in [5.41, 5.74) is 3.51. The van der Waals surface area contributed by atoms with E-state index in [0.717, 1.165) is 30.6 Å². The predicted molar refractivity (Wildman–Crippen MR) is 80.4 cm³/mol. The van der Waals surface area contributed by atoms with Crippen LogP contribution in [0.15, 0.2) is 18.5 Å². The normalized spacial score (nSPS) is 13.2. The molecule has 0 aliphatic rings. The van der Waals surface area contributed by atoms with Gasteiger partial charge in [0.25, 0.3) is 0 Å². The first-order chi connectivity index (χ1) is 9.67. The number of methoxy groups -OCH3 is 1. The highest BCUT2D eigenvalue weighted by molar-refractivity contribution is 5.28. The predicted octanol–water partition coefficient (Wildman–Crippen LogP) is 2.58. The highest BCUT2D eigenvalue weighted by atomic mass is 16.5. The Morgan fingerprint density at radius 2 is 2.00 bits per heavy atom. The summed E-state index contributed by atoms with van der Waals surface area (Å²) < 4.78 is 11.4. The van der Waals surface area contributed by atoms with Crippen LogP contribution in [0.5, 0.6) is 5.75 Å². The summed E-state index contributed by atoms with van der Waals surface area (Å²) in [6.45, 7) is 6.96. The summed E-state index contributed by atoms with van der Waals surface area (Å²) in [5, 5.41) is 0. The molecular formula is C15H27N3O2. The van der Waals surface area contributed by atoms with Crippen LogP contribution in [0.1, 0.15) is 51.6 Å². The van der Waals surface area contributed by atoms with Gasteiger partial charge in [0.2, 0.25) is 0 Å². The fraction of sp³-hybridized carbons (Fsp3) is 0.667. The molecule has 1 aromatic heterocycles. The van der Waals surface area contributed by atoms with Gasteiger partial charge in [0.1, 0.15) is 5.75 Å². The second-order valence-corrected chi connectivity index (χ2v) is 4.88. The van der Waals surface area contributed by atoms with Crippen molar-refractivity contribution in [1.82, 2.24) is 10.4 Å². The Kier molecular flexibility index (Phi) is 6.91. The maximum absolute atomic E-state index is 5.77. The third-order valence-corrected chi connectivity index (χ3v) is 3.84. The average Bonchev–Trinajstić information content (AvgIpc) is 2.51. The number of nitrogens with zero attached hydrogens (tertiary/aromatic N) is 1. The Balaban J connectivity index is 3.05. The molecule has 20 heavy (non-hydrogen) atoms. The number of pyridine rings is 1. The molecule has 1 aromatic rings. The zero-order valence-corrected chi connectivity index (χ0v) is 13.0. The zero-order valence-electron chi connectivity index (χ0n) is 13.0. The third kappa shape index (κ3) is 3.69. The van der Waals surface area contributed by atoms with E-state index in [0.29, 0.717) is 6.61 Å². The van der Waals surface area contributed by atoms with E-state index in [9.17, 15) is 0 Å². The molecule has 0 aliphatic heterocycles. The molecule has 0 saturated carbocycles. The van der Waals surface area contributed by atoms with Crippen molar-refractivity contribution in [2.75, 3.05) is 13.7 Å². The first-order valence-electron chi connectivity index (χ1n) is 7.26. The standard InChI is InChI=1S/C15H27N3O2/c1-5-8-20-13-9-12(10-17-11-13)14(18-16)15(6-2,7-3)19-4/h9-11,14,18H,5-8,16H2,1-4H3. The van der Waals surface area contributed by atoms with Gasteiger partial charge < -0.3 is 9.47 Å². The maximum atomic E-state index is 5.77. The van der Waals surface area contributed by atoms with Crippen molar-refractivity contribution in [3.05, 3.63) is 24.0 Å². The number of hydrogen-bond acceptors (Lipinski definition) is 5. The second-order valence-electron chi connectivity index (χ2n) is 4.88. The van der Waals surface area contributed by atoms with Crippen LogP contribution in [0, 0.1) is 0 Å². The van der Waals surface area contributed by atoms with Crippen molar-refractivity contribution in [1.29, 1.82) is 0 Å². The van der Waals surface area contributed by atoms with E-state index >= 15 is 0 Å². The van der Waals surface area contributed by atoms with Gasteiger partial charge >= 0.3 is 0 Å². The van der Waals surface area contributed by atoms with Gasteiger partial charge in [0.15, 0.2) is 0 Å². The summed E-state index contributed by atoms with van der Waals surface area (Å²) >= 11 is 0. The summed E-state index contributed by atoms with van der Waals surface area (Å²) in [6, 6.07) is 1.85. The van der Waals surface area contributed by atoms with E-state index in [2.05, 4.69) is 31.2 Å². The summed E-state index contributed by atoms with van der Waals surface area (Å²) in [4.78, 5) is 4.25. The minimum absolute atomic E-state index is 0.125. The van der Waals surface area contributed by atoms with Crippen LogP contribution < -0.4 is 16.0 Å². The number of ether oxygens (including phenoxy) is 2. The Bertz CT molecular complexity index is 386. The molecule has 0 aromatic carbocycles. The SMILES string of the molecule is CCCOc1cncc(C(NN)C(CC)(CC)OC)c1. The number of aromatic nitrogens is 1. The molecule has 1 atom stereocenters. The first-order valence-corrected chi connectivity index (χ1v) is 7.26. The second kappa shape index (κ2) is 8.19. The Morgan fingerprint density at radius 3 is 2.50 bits per heavy atom. The summed E-state index contributed by atoms with van der Waals surface area (Å²) in [6.07, 6.45) is 6.21. The van der Waals surface area contributed by atoms with E-state index in [1.165, 1.54) is 0 Å². The monoisotopic (exact) mass is 281 g/mol. The fourth-order valence-corrected chi connectivity index (χ4v) is 2.51. The van der Waals surface area contributed by atoms with Crippen LogP contribution in [0.2, 0.25) is 0 Å². The first kappa shape index (κ1) is 16.9. The molecule has 1 rings (SSSR count). The summed E-state index contributed by atoms with van der Waals surface area (Å²) in [7, 11) is 1.72. The lowest BCUT2D eigenvalue weighted by Crippen LogP contribution is -2.47. The van der Waals surface area contributed by atoms with Crippen molar-refractivity contribution >= 4 is 0 Å². The Morgan fingerprint density at radius 1 is 1.30 bits per heavy atom. The van der Waals surface area contributed by atoms with Gasteiger partial charge in [-0.3, -0.25) is 16.3 Å². The fourth-order valence-electron chi connectivity index (χ4n) is 2.51. The van der Waals surface area contributed by atoms with E-state index in [1.54, 1.807) is 13.3 Å². The van der Waals surface area contributed by atoms with Crippen molar-refractivity contribution in [3.63, 3.8) is 0 Å². The number of rotatable bonds is 9. The molecule has 0 aliphatic carbocycles. The minimum atomic E-state index is -0.347. The topological polar surface area (TPSA) is 69.4 Å². The van der Waals surface area contributed by atoms with Crippen LogP contribution in [0.4, 0.5) is 0 Å². The number of hydrazine groups is 1. The van der Waals surface area contributed by atoms with Crippen LogP contribution >= 0.6 is 0 Å². The number of nitrogens with one attached hydrogen (secondary N) is 1. The van der Waals surface area contributed by atoms with Crippen molar-refractivity contribution in [2.45, 2.75) is 51.7 Å². The van der Waals surface area contributed by atoms with Crippen molar-refractivity contribution < 1.29 is 9.47 Å². The maximum Gasteiger partial charge on any atom is 0.137 e. The molecule has 0 spiro atoms. The summed E-state index contributed by atoms with van der Waals surface area (Å²) in [5.74, 6) is 6.53. The van der Waals surface area contributed by atoms with Crippen molar-refractivity contribution in [2.24, 2.45) is 5.84 Å². The van der Waals surface area contributed by atoms with Gasteiger partial charge in [-0.25, -0.2) is 0 Å². The Hall–Kier alpha value is -1.17. The van der Waals surface area contributed by atoms with E-state index < -0.39 is 0 Å². The number of nitrogens with two attached hydrogens (primary N) is 1. The van der Waals surface area contributed by atoms with Gasteiger partial charge in [-0.15, -0.1) is 0 Å². The van der Waals surface area contributed by atoms with Gasteiger partial charge in [0.05, 0.1) is 24.4 Å². The molecule has 3 N–H and O–H groups in total. The van der Waals surface area contributed by atoms with Crippen molar-refractivity contribution in [3.8, 4) is 5.75 Å². The third-order valence-electron chi connectivity index (χ3n) is 3.84. The largest absolute Gasteiger partial charge is 0.492 e. The van der Waals surface area contributed by atoms with Crippen LogP contribution in [-0.2, 0) is 4.74 Å². The average molecular weight is 281 g/mol. The molecule has 0 bridgehead atoms. The van der Waals surface area contributed by atoms with Crippen LogP contribution in [0.3, 0.4) is 0 Å². The van der Waals surface area contributed by atoms with Gasteiger partial charge in [-0.05, 0) is 30.9 Å². The quantitative estimate of drug-likeness (QED) is 0.538. The molecule has 114 valence electrons. The smallest absolute Gasteiger partial charge is 0.137 e. The molecule has 0 saturated heterocycles. The molecule has 0 fully saturated rings. The molecule has 0 radical (unpaired) electrons. The van der Waals surface area contributed by atoms with Crippen LogP contribution in [0.25, 0.3) is 0 Å². The molecular weight excluding hydrogens is 254 g/mol. The zero-order chi connectivity index (χ0) is 15.0. The van der Waals surface area contributed by atoms with E-state index in [1.807, 2.05) is 12.3 Å². The van der Waals surface area contributed by atoms with Gasteiger partial charge in [-0.2, -0.15) is 0 Å². The lowest BCUT2D eigenvalue weighted by molar-refractivity contribution is -0.0488. The molecule has 1 heterocycles. The minimum Gasteiger partial charge on any atom is -0.492 e. The highest BCUT2D eigenvalue weighted by Crippen LogP contribution is 2.35. The lowest BCUT2D eigenvalue weighted by atomic mass is 9.84. The Labute approximate surface area is 121 Å². The van der Waals surface area contributed by atoms with Gasteiger partial charge in [0, 0.05) is 13.3 Å². The molecule has 5 nitrogen and oxygen atoms in total.